The van der Waals surface area contributed by atoms with Gasteiger partial charge in [0.15, 0.2) is 5.82 Å². The van der Waals surface area contributed by atoms with Crippen LogP contribution in [0.3, 0.4) is 0 Å². The summed E-state index contributed by atoms with van der Waals surface area (Å²) < 4.78 is 1.59. The van der Waals surface area contributed by atoms with E-state index in [1.165, 1.54) is 0 Å². The second kappa shape index (κ2) is 3.10. The highest BCUT2D eigenvalue weighted by atomic mass is 16.6. The number of benzene rings is 1. The summed E-state index contributed by atoms with van der Waals surface area (Å²) in [7, 11) is 1.59. The number of rotatable bonds is 1. The van der Waals surface area contributed by atoms with Crippen LogP contribution in [0.5, 0.6) is 0 Å². The van der Waals surface area contributed by atoms with Crippen LogP contribution in [0.15, 0.2) is 30.6 Å². The van der Waals surface area contributed by atoms with Crippen molar-refractivity contribution < 1.29 is 4.84 Å². The average Bonchev–Trinajstić information content (AvgIpc) is 2.74. The number of nitrogens with two attached hydrogens (primary N) is 1. The number of imidazole rings is 1. The van der Waals surface area contributed by atoms with E-state index in [2.05, 4.69) is 9.97 Å². The summed E-state index contributed by atoms with van der Waals surface area (Å²) in [5.41, 5.74) is 8.21. The minimum absolute atomic E-state index is 0.421. The van der Waals surface area contributed by atoms with Gasteiger partial charge in [-0.3, -0.25) is 0 Å². The first-order valence-corrected chi connectivity index (χ1v) is 4.87. The molecular weight excluding hydrogens is 204 g/mol. The Hall–Kier alpha value is -2.30. The Kier molecular flexibility index (Phi) is 1.73. The van der Waals surface area contributed by atoms with E-state index in [4.69, 9.17) is 10.6 Å². The van der Waals surface area contributed by atoms with E-state index in [0.29, 0.717) is 11.3 Å². The molecule has 80 valence electrons. The van der Waals surface area contributed by atoms with Gasteiger partial charge in [-0.2, -0.15) is 4.73 Å². The Morgan fingerprint density at radius 3 is 2.94 bits per heavy atom. The predicted octanol–water partition coefficient (Wildman–Crippen LogP) is 1.23. The molecule has 0 amide bonds. The van der Waals surface area contributed by atoms with Crippen molar-refractivity contribution in [1.82, 2.24) is 14.7 Å². The molecule has 1 aromatic carbocycles. The van der Waals surface area contributed by atoms with E-state index in [1.807, 2.05) is 24.3 Å². The zero-order valence-electron chi connectivity index (χ0n) is 8.71. The van der Waals surface area contributed by atoms with Gasteiger partial charge >= 0.3 is 0 Å². The van der Waals surface area contributed by atoms with Crippen molar-refractivity contribution in [2.45, 2.75) is 0 Å². The summed E-state index contributed by atoms with van der Waals surface area (Å²) in [6.45, 7) is 0. The molecule has 2 N–H and O–H groups in total. The molecule has 2 aromatic heterocycles. The van der Waals surface area contributed by atoms with Crippen LogP contribution in [-0.4, -0.2) is 21.8 Å². The fourth-order valence-electron chi connectivity index (χ4n) is 1.86. The fraction of sp³-hybridized carbons (Fsp3) is 0.0909. The van der Waals surface area contributed by atoms with Crippen molar-refractivity contribution >= 4 is 27.8 Å². The first kappa shape index (κ1) is 8.96. The Bertz CT molecular complexity index is 674. The smallest absolute Gasteiger partial charge is 0.152 e. The molecule has 3 aromatic rings. The minimum atomic E-state index is 0.421. The lowest BCUT2D eigenvalue weighted by molar-refractivity contribution is 0.178. The molecule has 0 aliphatic rings. The molecule has 0 spiro atoms. The van der Waals surface area contributed by atoms with Crippen LogP contribution in [0.4, 0.5) is 5.82 Å². The molecule has 5 nitrogen and oxygen atoms in total. The summed E-state index contributed by atoms with van der Waals surface area (Å²) in [4.78, 5) is 13.7. The molecule has 2 heterocycles. The van der Waals surface area contributed by atoms with E-state index in [-0.39, 0.29) is 0 Å². The third-order valence-corrected chi connectivity index (χ3v) is 2.58. The van der Waals surface area contributed by atoms with Crippen LogP contribution in [0.25, 0.3) is 21.9 Å². The maximum Gasteiger partial charge on any atom is 0.152 e. The van der Waals surface area contributed by atoms with Gasteiger partial charge < -0.3 is 10.6 Å². The van der Waals surface area contributed by atoms with Crippen LogP contribution in [0.1, 0.15) is 0 Å². The topological polar surface area (TPSA) is 66.0 Å². The van der Waals surface area contributed by atoms with Gasteiger partial charge in [0, 0.05) is 5.39 Å². The summed E-state index contributed by atoms with van der Waals surface area (Å²) in [6, 6.07) is 7.76. The molecule has 0 aliphatic heterocycles. The fourth-order valence-corrected chi connectivity index (χ4v) is 1.86. The average molecular weight is 214 g/mol. The van der Waals surface area contributed by atoms with Gasteiger partial charge in [0.1, 0.15) is 24.5 Å². The summed E-state index contributed by atoms with van der Waals surface area (Å²) in [6.07, 6.45) is 1.59. The molecule has 3 rings (SSSR count). The van der Waals surface area contributed by atoms with Gasteiger partial charge in [-0.05, 0) is 6.07 Å². The van der Waals surface area contributed by atoms with E-state index in [1.54, 1.807) is 18.2 Å². The lowest BCUT2D eigenvalue weighted by Crippen LogP contribution is -2.04. The SMILES string of the molecule is COn1cnc2c(N)nc3ccccc3c21. The predicted molar refractivity (Wildman–Crippen MR) is 62.0 cm³/mol. The van der Waals surface area contributed by atoms with E-state index in [0.717, 1.165) is 16.4 Å². The maximum atomic E-state index is 5.85. The largest absolute Gasteiger partial charge is 0.416 e. The minimum Gasteiger partial charge on any atom is -0.416 e. The van der Waals surface area contributed by atoms with Crippen molar-refractivity contribution in [2.75, 3.05) is 12.8 Å². The molecule has 16 heavy (non-hydrogen) atoms. The lowest BCUT2D eigenvalue weighted by Gasteiger charge is -2.05. The van der Waals surface area contributed by atoms with Gasteiger partial charge in [0.25, 0.3) is 0 Å². The monoisotopic (exact) mass is 214 g/mol. The molecule has 5 heteroatoms. The van der Waals surface area contributed by atoms with E-state index < -0.39 is 0 Å². The highest BCUT2D eigenvalue weighted by Crippen LogP contribution is 2.25. The molecule has 0 atom stereocenters. The number of fused-ring (bicyclic) bond motifs is 3. The normalized spacial score (nSPS) is 11.1. The molecule has 0 aliphatic carbocycles. The number of nitrogens with zero attached hydrogens (tertiary/aromatic N) is 3. The summed E-state index contributed by atoms with van der Waals surface area (Å²) in [5.74, 6) is 0.421. The lowest BCUT2D eigenvalue weighted by atomic mass is 10.2. The third kappa shape index (κ3) is 1.05. The summed E-state index contributed by atoms with van der Waals surface area (Å²) in [5, 5.41) is 0.978. The van der Waals surface area contributed by atoms with Gasteiger partial charge in [-0.1, -0.05) is 18.2 Å². The van der Waals surface area contributed by atoms with E-state index in [9.17, 15) is 0 Å². The number of hydrogen-bond donors (Lipinski definition) is 1. The van der Waals surface area contributed by atoms with Crippen molar-refractivity contribution in [3.8, 4) is 0 Å². The van der Waals surface area contributed by atoms with Gasteiger partial charge in [-0.25, -0.2) is 9.97 Å². The number of aromatic nitrogens is 3. The summed E-state index contributed by atoms with van der Waals surface area (Å²) >= 11 is 0. The Labute approximate surface area is 91.4 Å². The van der Waals surface area contributed by atoms with Crippen molar-refractivity contribution in [3.63, 3.8) is 0 Å². The highest BCUT2D eigenvalue weighted by Gasteiger charge is 2.11. The van der Waals surface area contributed by atoms with E-state index >= 15 is 0 Å². The first-order chi connectivity index (χ1) is 7.81. The van der Waals surface area contributed by atoms with Crippen LogP contribution in [0, 0.1) is 0 Å². The zero-order valence-corrected chi connectivity index (χ0v) is 8.71. The number of anilines is 1. The quantitative estimate of drug-likeness (QED) is 0.661. The molecule has 0 bridgehead atoms. The standard InChI is InChI=1S/C11H10N4O/c1-16-15-6-13-9-10(15)7-4-2-3-5-8(7)14-11(9)12/h2-6H,1H3,(H2,12,14). The number of nitrogen functional groups attached to an aromatic ring is 1. The van der Waals surface area contributed by atoms with Crippen LogP contribution in [-0.2, 0) is 0 Å². The molecule has 0 saturated heterocycles. The molecule has 0 unspecified atom stereocenters. The van der Waals surface area contributed by atoms with Gasteiger partial charge in [0.05, 0.1) is 5.52 Å². The maximum absolute atomic E-state index is 5.85. The van der Waals surface area contributed by atoms with Crippen molar-refractivity contribution in [3.05, 3.63) is 30.6 Å². The number of para-hydroxylation sites is 1. The van der Waals surface area contributed by atoms with Gasteiger partial charge in [-0.15, -0.1) is 0 Å². The molecular formula is C11H10N4O. The van der Waals surface area contributed by atoms with Crippen LogP contribution < -0.4 is 10.6 Å². The number of hydrogen-bond acceptors (Lipinski definition) is 4. The Morgan fingerprint density at radius 2 is 2.12 bits per heavy atom. The van der Waals surface area contributed by atoms with Crippen LogP contribution in [0.2, 0.25) is 0 Å². The first-order valence-electron chi connectivity index (χ1n) is 4.87. The number of pyridine rings is 1. The second-order valence-electron chi connectivity index (χ2n) is 3.46. The molecule has 0 radical (unpaired) electrons. The molecule has 0 saturated carbocycles. The highest BCUT2D eigenvalue weighted by molar-refractivity contribution is 6.06. The Balaban J connectivity index is 2.59. The zero-order chi connectivity index (χ0) is 11.1. The van der Waals surface area contributed by atoms with Crippen LogP contribution >= 0.6 is 0 Å². The Morgan fingerprint density at radius 1 is 1.31 bits per heavy atom. The third-order valence-electron chi connectivity index (χ3n) is 2.58. The van der Waals surface area contributed by atoms with Gasteiger partial charge in [0.2, 0.25) is 0 Å². The second-order valence-corrected chi connectivity index (χ2v) is 3.46. The van der Waals surface area contributed by atoms with Crippen molar-refractivity contribution in [1.29, 1.82) is 0 Å². The molecule has 0 fully saturated rings. The van der Waals surface area contributed by atoms with Crippen molar-refractivity contribution in [2.24, 2.45) is 0 Å².